The van der Waals surface area contributed by atoms with E-state index in [1.165, 1.54) is 50.5 Å². The summed E-state index contributed by atoms with van der Waals surface area (Å²) in [5, 5.41) is 0. The van der Waals surface area contributed by atoms with Gasteiger partial charge in [0.25, 0.3) is 0 Å². The van der Waals surface area contributed by atoms with Gasteiger partial charge in [0.2, 0.25) is 0 Å². The lowest BCUT2D eigenvalue weighted by atomic mass is 10.1. The highest BCUT2D eigenvalue weighted by molar-refractivity contribution is 5.72. The Morgan fingerprint density at radius 2 is 1.41 bits per heavy atom. The molecule has 0 bridgehead atoms. The summed E-state index contributed by atoms with van der Waals surface area (Å²) in [5.74, 6) is 0.574. The number of hydrogen-bond acceptors (Lipinski definition) is 2. The minimum absolute atomic E-state index is 0.103. The highest BCUT2D eigenvalue weighted by atomic mass is 16.5. The second-order valence-corrected chi connectivity index (χ2v) is 6.09. The van der Waals surface area contributed by atoms with Crippen molar-refractivity contribution in [2.75, 3.05) is 0 Å². The number of esters is 1. The van der Waals surface area contributed by atoms with Crippen molar-refractivity contribution in [3.05, 3.63) is 29.8 Å². The zero-order valence-electron chi connectivity index (χ0n) is 14.4. The third-order valence-electron chi connectivity index (χ3n) is 3.96. The molecular weight excluding hydrogens is 272 g/mol. The fourth-order valence-corrected chi connectivity index (χ4v) is 2.54. The van der Waals surface area contributed by atoms with E-state index in [4.69, 9.17) is 4.74 Å². The summed E-state index contributed by atoms with van der Waals surface area (Å²) in [4.78, 5) is 11.8. The summed E-state index contributed by atoms with van der Waals surface area (Å²) >= 11 is 0. The number of rotatable bonds is 12. The van der Waals surface area contributed by atoms with Crippen molar-refractivity contribution in [2.24, 2.45) is 0 Å². The predicted molar refractivity (Wildman–Crippen MR) is 93.3 cm³/mol. The van der Waals surface area contributed by atoms with Crippen LogP contribution in [0.2, 0.25) is 0 Å². The normalized spacial score (nSPS) is 10.6. The lowest BCUT2D eigenvalue weighted by molar-refractivity contribution is -0.134. The second-order valence-electron chi connectivity index (χ2n) is 6.09. The van der Waals surface area contributed by atoms with Crippen molar-refractivity contribution in [3.8, 4) is 5.75 Å². The van der Waals surface area contributed by atoms with Crippen LogP contribution in [-0.2, 0) is 11.2 Å². The summed E-state index contributed by atoms with van der Waals surface area (Å²) in [7, 11) is 0. The van der Waals surface area contributed by atoms with Crippen LogP contribution in [0.4, 0.5) is 0 Å². The fourth-order valence-electron chi connectivity index (χ4n) is 2.54. The fraction of sp³-hybridized carbons (Fsp3) is 0.650. The van der Waals surface area contributed by atoms with Gasteiger partial charge >= 0.3 is 5.97 Å². The zero-order valence-corrected chi connectivity index (χ0v) is 14.4. The number of aryl methyl sites for hydroxylation is 1. The Hall–Kier alpha value is -1.31. The van der Waals surface area contributed by atoms with Crippen molar-refractivity contribution >= 4 is 5.97 Å². The van der Waals surface area contributed by atoms with Crippen LogP contribution in [0.1, 0.15) is 83.6 Å². The van der Waals surface area contributed by atoms with E-state index in [2.05, 4.69) is 26.0 Å². The monoisotopic (exact) mass is 304 g/mol. The van der Waals surface area contributed by atoms with Crippen LogP contribution in [0.5, 0.6) is 5.75 Å². The molecule has 0 atom stereocenters. The molecule has 0 aliphatic heterocycles. The summed E-state index contributed by atoms with van der Waals surface area (Å²) in [6.07, 6.45) is 12.5. The molecule has 0 unspecified atom stereocenters. The standard InChI is InChI=1S/C20H32O2/c1-3-5-7-8-9-11-13-20(21)22-19-16-14-18(15-17-19)12-10-6-4-2/h14-17H,3-13H2,1-2H3. The Morgan fingerprint density at radius 1 is 0.818 bits per heavy atom. The molecule has 2 nitrogen and oxygen atoms in total. The zero-order chi connectivity index (χ0) is 16.0. The second kappa shape index (κ2) is 12.3. The summed E-state index contributed by atoms with van der Waals surface area (Å²) in [6.45, 7) is 4.43. The summed E-state index contributed by atoms with van der Waals surface area (Å²) in [5.41, 5.74) is 1.32. The first-order chi connectivity index (χ1) is 10.8. The molecule has 0 heterocycles. The van der Waals surface area contributed by atoms with Gasteiger partial charge in [-0.15, -0.1) is 0 Å². The number of carbonyl (C=O) groups excluding carboxylic acids is 1. The van der Waals surface area contributed by atoms with Crippen molar-refractivity contribution in [1.29, 1.82) is 0 Å². The third-order valence-corrected chi connectivity index (χ3v) is 3.96. The van der Waals surface area contributed by atoms with Crippen LogP contribution in [-0.4, -0.2) is 5.97 Å². The van der Waals surface area contributed by atoms with Gasteiger partial charge < -0.3 is 4.74 Å². The Kier molecular flexibility index (Phi) is 10.4. The lowest BCUT2D eigenvalue weighted by Crippen LogP contribution is -2.07. The van der Waals surface area contributed by atoms with Gasteiger partial charge in [-0.1, -0.05) is 70.9 Å². The number of ether oxygens (including phenoxy) is 1. The molecule has 0 saturated heterocycles. The van der Waals surface area contributed by atoms with E-state index in [0.717, 1.165) is 19.3 Å². The molecule has 22 heavy (non-hydrogen) atoms. The molecule has 2 heteroatoms. The van der Waals surface area contributed by atoms with Crippen LogP contribution < -0.4 is 4.74 Å². The molecule has 124 valence electrons. The van der Waals surface area contributed by atoms with Crippen molar-refractivity contribution in [2.45, 2.75) is 84.5 Å². The molecule has 0 aromatic heterocycles. The first-order valence-corrected chi connectivity index (χ1v) is 9.06. The lowest BCUT2D eigenvalue weighted by Gasteiger charge is -2.06. The van der Waals surface area contributed by atoms with Crippen LogP contribution in [0, 0.1) is 0 Å². The van der Waals surface area contributed by atoms with Gasteiger partial charge in [-0.25, -0.2) is 0 Å². The van der Waals surface area contributed by atoms with Crippen LogP contribution in [0.15, 0.2) is 24.3 Å². The minimum atomic E-state index is -0.103. The molecule has 0 aliphatic rings. The van der Waals surface area contributed by atoms with Crippen molar-refractivity contribution in [3.63, 3.8) is 0 Å². The maximum absolute atomic E-state index is 11.8. The molecule has 0 radical (unpaired) electrons. The van der Waals surface area contributed by atoms with E-state index in [0.29, 0.717) is 12.2 Å². The van der Waals surface area contributed by atoms with Gasteiger partial charge in [-0.2, -0.15) is 0 Å². The van der Waals surface area contributed by atoms with E-state index in [-0.39, 0.29) is 5.97 Å². The van der Waals surface area contributed by atoms with Crippen LogP contribution in [0.25, 0.3) is 0 Å². The molecule has 1 aromatic rings. The van der Waals surface area contributed by atoms with Gasteiger partial charge in [0.1, 0.15) is 5.75 Å². The van der Waals surface area contributed by atoms with Crippen LogP contribution >= 0.6 is 0 Å². The van der Waals surface area contributed by atoms with Gasteiger partial charge in [0, 0.05) is 6.42 Å². The SMILES string of the molecule is CCCCCCCCC(=O)Oc1ccc(CCCCC)cc1. The van der Waals surface area contributed by atoms with E-state index < -0.39 is 0 Å². The highest BCUT2D eigenvalue weighted by Crippen LogP contribution is 2.16. The average molecular weight is 304 g/mol. The predicted octanol–water partition coefficient (Wildman–Crippen LogP) is 6.08. The quantitative estimate of drug-likeness (QED) is 0.266. The number of hydrogen-bond donors (Lipinski definition) is 0. The minimum Gasteiger partial charge on any atom is -0.427 e. The van der Waals surface area contributed by atoms with Gasteiger partial charge in [-0.05, 0) is 37.0 Å². The number of unbranched alkanes of at least 4 members (excludes halogenated alkanes) is 7. The molecule has 0 aliphatic carbocycles. The van der Waals surface area contributed by atoms with Crippen molar-refractivity contribution in [1.82, 2.24) is 0 Å². The molecule has 0 spiro atoms. The number of carbonyl (C=O) groups is 1. The molecular formula is C20H32O2. The maximum atomic E-state index is 11.8. The Labute approximate surface area is 136 Å². The Balaban J connectivity index is 2.18. The highest BCUT2D eigenvalue weighted by Gasteiger charge is 2.04. The van der Waals surface area contributed by atoms with E-state index >= 15 is 0 Å². The number of benzene rings is 1. The Morgan fingerprint density at radius 3 is 2.09 bits per heavy atom. The average Bonchev–Trinajstić information content (AvgIpc) is 2.53. The molecule has 0 amide bonds. The van der Waals surface area contributed by atoms with Crippen molar-refractivity contribution < 1.29 is 9.53 Å². The Bertz CT molecular complexity index is 395. The third kappa shape index (κ3) is 8.86. The molecule has 0 fully saturated rings. The maximum Gasteiger partial charge on any atom is 0.311 e. The molecule has 0 N–H and O–H groups in total. The topological polar surface area (TPSA) is 26.3 Å². The first-order valence-electron chi connectivity index (χ1n) is 9.06. The van der Waals surface area contributed by atoms with E-state index in [1.807, 2.05) is 12.1 Å². The largest absolute Gasteiger partial charge is 0.427 e. The smallest absolute Gasteiger partial charge is 0.311 e. The van der Waals surface area contributed by atoms with E-state index in [9.17, 15) is 4.79 Å². The molecule has 0 saturated carbocycles. The van der Waals surface area contributed by atoms with Gasteiger partial charge in [0.15, 0.2) is 0 Å². The van der Waals surface area contributed by atoms with Gasteiger partial charge in [0.05, 0.1) is 0 Å². The molecule has 1 aromatic carbocycles. The molecule has 1 rings (SSSR count). The van der Waals surface area contributed by atoms with Crippen LogP contribution in [0.3, 0.4) is 0 Å². The first kappa shape index (κ1) is 18.7. The summed E-state index contributed by atoms with van der Waals surface area (Å²) < 4.78 is 5.38. The summed E-state index contributed by atoms with van der Waals surface area (Å²) in [6, 6.07) is 7.98. The van der Waals surface area contributed by atoms with Gasteiger partial charge in [-0.3, -0.25) is 4.79 Å². The van der Waals surface area contributed by atoms with E-state index in [1.54, 1.807) is 0 Å².